The highest BCUT2D eigenvalue weighted by Crippen LogP contribution is 2.28. The van der Waals surface area contributed by atoms with Gasteiger partial charge in [-0.15, -0.1) is 11.3 Å². The van der Waals surface area contributed by atoms with Crippen LogP contribution < -0.4 is 10.9 Å². The minimum absolute atomic E-state index is 0.114. The van der Waals surface area contributed by atoms with Gasteiger partial charge in [-0.1, -0.05) is 13.8 Å². The number of nitrogens with one attached hydrogen (secondary N) is 1. The summed E-state index contributed by atoms with van der Waals surface area (Å²) in [5.41, 5.74) is 0.415. The molecule has 0 fully saturated rings. The maximum absolute atomic E-state index is 12.3. The maximum atomic E-state index is 12.3. The van der Waals surface area contributed by atoms with Gasteiger partial charge in [0.05, 0.1) is 10.9 Å². The molecule has 2 heterocycles. The Labute approximate surface area is 116 Å². The molecule has 0 spiro atoms. The normalized spacial score (nSPS) is 11.2. The third-order valence-electron chi connectivity index (χ3n) is 2.99. The van der Waals surface area contributed by atoms with Crippen LogP contribution in [-0.2, 0) is 7.05 Å². The molecule has 0 unspecified atom stereocenters. The fourth-order valence-corrected chi connectivity index (χ4v) is 3.03. The van der Waals surface area contributed by atoms with Crippen molar-refractivity contribution in [2.45, 2.75) is 20.8 Å². The van der Waals surface area contributed by atoms with Crippen LogP contribution in [0.4, 0.5) is 0 Å². The van der Waals surface area contributed by atoms with E-state index < -0.39 is 0 Å². The summed E-state index contributed by atoms with van der Waals surface area (Å²) >= 11 is 1.49. The Kier molecular flexibility index (Phi) is 3.75. The summed E-state index contributed by atoms with van der Waals surface area (Å²) < 4.78 is 2.38. The number of carbonyl (C=O) groups is 1. The molecule has 0 aromatic carbocycles. The quantitative estimate of drug-likeness (QED) is 0.936. The molecule has 4 nitrogen and oxygen atoms in total. The van der Waals surface area contributed by atoms with E-state index in [0.29, 0.717) is 23.4 Å². The number of rotatable bonds is 3. The Hall–Kier alpha value is -1.62. The number of nitrogens with zero attached hydrogens (tertiary/aromatic N) is 1. The Morgan fingerprint density at radius 1 is 1.47 bits per heavy atom. The fraction of sp³-hybridized carbons (Fsp3) is 0.429. The lowest BCUT2D eigenvalue weighted by molar-refractivity contribution is 0.0950. The molecule has 2 rings (SSSR count). The van der Waals surface area contributed by atoms with Gasteiger partial charge < -0.3 is 9.88 Å². The van der Waals surface area contributed by atoms with E-state index in [9.17, 15) is 9.59 Å². The second-order valence-corrected chi connectivity index (χ2v) is 6.36. The second kappa shape index (κ2) is 5.17. The first-order chi connectivity index (χ1) is 8.91. The highest BCUT2D eigenvalue weighted by Gasteiger charge is 2.19. The molecule has 0 saturated carbocycles. The number of aryl methyl sites for hydroxylation is 2. The van der Waals surface area contributed by atoms with Crippen molar-refractivity contribution in [3.05, 3.63) is 33.1 Å². The highest BCUT2D eigenvalue weighted by molar-refractivity contribution is 7.19. The molecule has 102 valence electrons. The summed E-state index contributed by atoms with van der Waals surface area (Å²) in [5, 5.41) is 3.42. The third-order valence-corrected chi connectivity index (χ3v) is 4.06. The number of pyridine rings is 1. The molecule has 0 bridgehead atoms. The largest absolute Gasteiger partial charge is 0.352 e. The van der Waals surface area contributed by atoms with Crippen molar-refractivity contribution in [1.29, 1.82) is 0 Å². The zero-order valence-corrected chi connectivity index (χ0v) is 12.4. The summed E-state index contributed by atoms with van der Waals surface area (Å²) in [4.78, 5) is 25.3. The van der Waals surface area contributed by atoms with Crippen LogP contribution in [0.3, 0.4) is 0 Å². The Bertz CT molecular complexity index is 683. The first kappa shape index (κ1) is 13.8. The van der Waals surface area contributed by atoms with Gasteiger partial charge in [-0.25, -0.2) is 0 Å². The van der Waals surface area contributed by atoms with Crippen LogP contribution in [0.2, 0.25) is 0 Å². The molecule has 0 atom stereocenters. The number of thiophene rings is 1. The Morgan fingerprint density at radius 2 is 2.16 bits per heavy atom. The van der Waals surface area contributed by atoms with Crippen molar-refractivity contribution < 1.29 is 4.79 Å². The van der Waals surface area contributed by atoms with E-state index in [4.69, 9.17) is 0 Å². The maximum Gasteiger partial charge on any atom is 0.259 e. The van der Waals surface area contributed by atoms with Crippen LogP contribution in [0.1, 0.15) is 29.1 Å². The lowest BCUT2D eigenvalue weighted by Crippen LogP contribution is -2.29. The van der Waals surface area contributed by atoms with E-state index in [1.54, 1.807) is 13.2 Å². The molecule has 0 radical (unpaired) electrons. The molecule has 1 amide bonds. The van der Waals surface area contributed by atoms with Gasteiger partial charge in [0.25, 0.3) is 11.5 Å². The molecule has 2 aromatic heterocycles. The highest BCUT2D eigenvalue weighted by atomic mass is 32.1. The van der Waals surface area contributed by atoms with Crippen molar-refractivity contribution in [2.75, 3.05) is 6.54 Å². The predicted molar refractivity (Wildman–Crippen MR) is 79.0 cm³/mol. The van der Waals surface area contributed by atoms with E-state index in [0.717, 1.165) is 9.58 Å². The summed E-state index contributed by atoms with van der Waals surface area (Å²) in [7, 11) is 1.70. The van der Waals surface area contributed by atoms with Gasteiger partial charge >= 0.3 is 0 Å². The molecule has 0 saturated heterocycles. The van der Waals surface area contributed by atoms with Crippen LogP contribution in [0.25, 0.3) is 10.1 Å². The van der Waals surface area contributed by atoms with Crippen molar-refractivity contribution in [2.24, 2.45) is 13.0 Å². The Morgan fingerprint density at radius 3 is 2.79 bits per heavy atom. The molecular weight excluding hydrogens is 260 g/mol. The van der Waals surface area contributed by atoms with Crippen LogP contribution in [-0.4, -0.2) is 17.0 Å². The lowest BCUT2D eigenvalue weighted by Gasteiger charge is -2.07. The fourth-order valence-electron chi connectivity index (χ4n) is 1.98. The van der Waals surface area contributed by atoms with Crippen molar-refractivity contribution in [1.82, 2.24) is 9.88 Å². The number of fused-ring (bicyclic) bond motifs is 1. The minimum Gasteiger partial charge on any atom is -0.352 e. The summed E-state index contributed by atoms with van der Waals surface area (Å²) in [6.07, 6.45) is 1.73. The summed E-state index contributed by atoms with van der Waals surface area (Å²) in [6, 6.07) is 1.88. The molecule has 0 aliphatic heterocycles. The van der Waals surface area contributed by atoms with Crippen molar-refractivity contribution in [3.63, 3.8) is 0 Å². The van der Waals surface area contributed by atoms with Gasteiger partial charge in [0.15, 0.2) is 0 Å². The molecule has 5 heteroatoms. The van der Waals surface area contributed by atoms with Gasteiger partial charge in [0, 0.05) is 29.4 Å². The van der Waals surface area contributed by atoms with Crippen molar-refractivity contribution in [3.8, 4) is 0 Å². The topological polar surface area (TPSA) is 51.1 Å². The van der Waals surface area contributed by atoms with Gasteiger partial charge in [-0.2, -0.15) is 0 Å². The van der Waals surface area contributed by atoms with E-state index in [1.807, 2.05) is 26.8 Å². The minimum atomic E-state index is -0.152. The van der Waals surface area contributed by atoms with Gasteiger partial charge in [-0.05, 0) is 18.9 Å². The van der Waals surface area contributed by atoms with Gasteiger partial charge in [-0.3, -0.25) is 9.59 Å². The van der Waals surface area contributed by atoms with Crippen molar-refractivity contribution >= 4 is 27.3 Å². The monoisotopic (exact) mass is 278 g/mol. The summed E-state index contributed by atoms with van der Waals surface area (Å²) in [6.45, 7) is 6.58. The molecule has 19 heavy (non-hydrogen) atoms. The Balaban J connectivity index is 2.53. The molecule has 0 aliphatic carbocycles. The lowest BCUT2D eigenvalue weighted by atomic mass is 10.1. The number of aromatic nitrogens is 1. The summed E-state index contributed by atoms with van der Waals surface area (Å²) in [5.74, 6) is 0.234. The van der Waals surface area contributed by atoms with E-state index >= 15 is 0 Å². The molecular formula is C14H18N2O2S. The van der Waals surface area contributed by atoms with Crippen LogP contribution >= 0.6 is 11.3 Å². The number of hydrogen-bond acceptors (Lipinski definition) is 3. The van der Waals surface area contributed by atoms with Gasteiger partial charge in [0.1, 0.15) is 0 Å². The van der Waals surface area contributed by atoms with Crippen LogP contribution in [0, 0.1) is 12.8 Å². The zero-order valence-electron chi connectivity index (χ0n) is 11.6. The van der Waals surface area contributed by atoms with Crippen LogP contribution in [0.15, 0.2) is 17.1 Å². The van der Waals surface area contributed by atoms with E-state index in [1.165, 1.54) is 15.9 Å². The number of amides is 1. The third kappa shape index (κ3) is 2.56. The second-order valence-electron chi connectivity index (χ2n) is 5.11. The van der Waals surface area contributed by atoms with Crippen LogP contribution in [0.5, 0.6) is 0 Å². The smallest absolute Gasteiger partial charge is 0.259 e. The SMILES string of the molecule is Cc1sc2ccn(C)c(=O)c2c1C(=O)NCC(C)C. The first-order valence-corrected chi connectivity index (χ1v) is 7.10. The van der Waals surface area contributed by atoms with Gasteiger partial charge in [0.2, 0.25) is 0 Å². The van der Waals surface area contributed by atoms with E-state index in [-0.39, 0.29) is 11.5 Å². The average molecular weight is 278 g/mol. The standard InChI is InChI=1S/C14H18N2O2S/c1-8(2)7-15-13(17)11-9(3)19-10-5-6-16(4)14(18)12(10)11/h5-6,8H,7H2,1-4H3,(H,15,17). The first-order valence-electron chi connectivity index (χ1n) is 6.28. The molecule has 1 N–H and O–H groups in total. The average Bonchev–Trinajstić information content (AvgIpc) is 2.68. The zero-order chi connectivity index (χ0) is 14.2. The number of hydrogen-bond donors (Lipinski definition) is 1. The number of carbonyl (C=O) groups excluding carboxylic acids is 1. The molecule has 0 aliphatic rings. The van der Waals surface area contributed by atoms with E-state index in [2.05, 4.69) is 5.32 Å². The molecule has 2 aromatic rings. The predicted octanol–water partition coefficient (Wildman–Crippen LogP) is 2.29.